The molecule has 0 aromatic heterocycles. The minimum Gasteiger partial charge on any atom is -0.387 e. The van der Waals surface area contributed by atoms with E-state index in [0.717, 1.165) is 5.69 Å². The average molecular weight is 184 g/mol. The number of ketones is 1. The van der Waals surface area contributed by atoms with E-state index in [0.29, 0.717) is 10.6 Å². The molecule has 12 heavy (non-hydrogen) atoms. The van der Waals surface area contributed by atoms with Crippen molar-refractivity contribution >= 4 is 23.1 Å². The fraction of sp³-hybridized carbons (Fsp3) is 0.222. The third-order valence-corrected chi connectivity index (χ3v) is 1.96. The van der Waals surface area contributed by atoms with Crippen molar-refractivity contribution in [3.63, 3.8) is 0 Å². The highest BCUT2D eigenvalue weighted by Crippen LogP contribution is 2.22. The molecule has 0 saturated heterocycles. The van der Waals surface area contributed by atoms with Crippen LogP contribution >= 0.6 is 11.6 Å². The summed E-state index contributed by atoms with van der Waals surface area (Å²) < 4.78 is 0. The maximum atomic E-state index is 10.9. The minimum atomic E-state index is 0.0274. The summed E-state index contributed by atoms with van der Waals surface area (Å²) in [5, 5.41) is 3.49. The standard InChI is InChI=1S/C9H10ClNO/c1-6(12)7-3-4-9(11-2)8(10)5-7/h3-5,11H,1-2H3. The number of carbonyl (C=O) groups is 1. The predicted molar refractivity (Wildman–Crippen MR) is 51.0 cm³/mol. The second kappa shape index (κ2) is 3.59. The molecule has 1 rings (SSSR count). The molecule has 2 nitrogen and oxygen atoms in total. The molecule has 0 bridgehead atoms. The largest absolute Gasteiger partial charge is 0.387 e. The lowest BCUT2D eigenvalue weighted by molar-refractivity contribution is 0.101. The van der Waals surface area contributed by atoms with Gasteiger partial charge in [0.05, 0.1) is 10.7 Å². The van der Waals surface area contributed by atoms with Crippen LogP contribution in [-0.4, -0.2) is 12.8 Å². The number of hydrogen-bond acceptors (Lipinski definition) is 2. The average Bonchev–Trinajstić information content (AvgIpc) is 2.04. The van der Waals surface area contributed by atoms with E-state index in [1.54, 1.807) is 25.2 Å². The quantitative estimate of drug-likeness (QED) is 0.715. The molecule has 0 aliphatic heterocycles. The Hall–Kier alpha value is -1.02. The Balaban J connectivity index is 3.10. The lowest BCUT2D eigenvalue weighted by Crippen LogP contribution is -1.94. The van der Waals surface area contributed by atoms with Gasteiger partial charge in [-0.2, -0.15) is 0 Å². The van der Waals surface area contributed by atoms with Gasteiger partial charge in [-0.05, 0) is 25.1 Å². The first-order valence-corrected chi connectivity index (χ1v) is 4.01. The van der Waals surface area contributed by atoms with E-state index < -0.39 is 0 Å². The van der Waals surface area contributed by atoms with Crippen LogP contribution < -0.4 is 5.32 Å². The van der Waals surface area contributed by atoms with Gasteiger partial charge in [-0.25, -0.2) is 0 Å². The van der Waals surface area contributed by atoms with Gasteiger partial charge in [0.1, 0.15) is 0 Å². The Morgan fingerprint density at radius 2 is 2.17 bits per heavy atom. The van der Waals surface area contributed by atoms with E-state index in [4.69, 9.17) is 11.6 Å². The summed E-state index contributed by atoms with van der Waals surface area (Å²) in [7, 11) is 1.79. The molecular weight excluding hydrogens is 174 g/mol. The summed E-state index contributed by atoms with van der Waals surface area (Å²) in [5.41, 5.74) is 1.47. The molecule has 1 aromatic carbocycles. The van der Waals surface area contributed by atoms with Gasteiger partial charge in [0, 0.05) is 12.6 Å². The highest BCUT2D eigenvalue weighted by molar-refractivity contribution is 6.33. The van der Waals surface area contributed by atoms with Crippen LogP contribution in [0.15, 0.2) is 18.2 Å². The van der Waals surface area contributed by atoms with Crippen LogP contribution in [-0.2, 0) is 0 Å². The normalized spacial score (nSPS) is 9.58. The Labute approximate surface area is 76.5 Å². The predicted octanol–water partition coefficient (Wildman–Crippen LogP) is 2.58. The molecule has 0 heterocycles. The third-order valence-electron chi connectivity index (χ3n) is 1.64. The van der Waals surface area contributed by atoms with Crippen LogP contribution in [0.1, 0.15) is 17.3 Å². The molecule has 0 spiro atoms. The SMILES string of the molecule is CNc1ccc(C(C)=O)cc1Cl. The van der Waals surface area contributed by atoms with Gasteiger partial charge in [-0.1, -0.05) is 11.6 Å². The summed E-state index contributed by atoms with van der Waals surface area (Å²) >= 11 is 5.86. The summed E-state index contributed by atoms with van der Waals surface area (Å²) in [6.45, 7) is 1.52. The number of benzene rings is 1. The van der Waals surface area contributed by atoms with E-state index in [1.807, 2.05) is 0 Å². The van der Waals surface area contributed by atoms with Crippen LogP contribution in [0.5, 0.6) is 0 Å². The van der Waals surface area contributed by atoms with Gasteiger partial charge in [0.25, 0.3) is 0 Å². The van der Waals surface area contributed by atoms with Gasteiger partial charge in [0.15, 0.2) is 5.78 Å². The number of rotatable bonds is 2. The van der Waals surface area contributed by atoms with Crippen molar-refractivity contribution in [2.75, 3.05) is 12.4 Å². The zero-order valence-corrected chi connectivity index (χ0v) is 7.77. The molecule has 0 radical (unpaired) electrons. The third kappa shape index (κ3) is 1.77. The van der Waals surface area contributed by atoms with E-state index in [9.17, 15) is 4.79 Å². The smallest absolute Gasteiger partial charge is 0.159 e. The second-order valence-corrected chi connectivity index (χ2v) is 2.91. The first-order chi connectivity index (χ1) is 5.65. The molecule has 64 valence electrons. The van der Waals surface area contributed by atoms with Gasteiger partial charge in [0.2, 0.25) is 0 Å². The van der Waals surface area contributed by atoms with Crippen LogP contribution in [0, 0.1) is 0 Å². The molecule has 1 aromatic rings. The first kappa shape index (κ1) is 9.07. The molecule has 0 aliphatic rings. The van der Waals surface area contributed by atoms with E-state index >= 15 is 0 Å². The summed E-state index contributed by atoms with van der Waals surface area (Å²) in [6.07, 6.45) is 0. The Morgan fingerprint density at radius 1 is 1.50 bits per heavy atom. The van der Waals surface area contributed by atoms with Crippen molar-refractivity contribution in [3.05, 3.63) is 28.8 Å². The number of anilines is 1. The molecule has 0 atom stereocenters. The summed E-state index contributed by atoms with van der Waals surface area (Å²) in [5.74, 6) is 0.0274. The van der Waals surface area contributed by atoms with Crippen molar-refractivity contribution in [3.8, 4) is 0 Å². The van der Waals surface area contributed by atoms with Crippen LogP contribution in [0.4, 0.5) is 5.69 Å². The molecule has 1 N–H and O–H groups in total. The minimum absolute atomic E-state index is 0.0274. The summed E-state index contributed by atoms with van der Waals surface area (Å²) in [6, 6.07) is 5.20. The van der Waals surface area contributed by atoms with Crippen LogP contribution in [0.25, 0.3) is 0 Å². The van der Waals surface area contributed by atoms with Crippen molar-refractivity contribution < 1.29 is 4.79 Å². The Bertz CT molecular complexity index is 309. The topological polar surface area (TPSA) is 29.1 Å². The maximum absolute atomic E-state index is 10.9. The maximum Gasteiger partial charge on any atom is 0.159 e. The second-order valence-electron chi connectivity index (χ2n) is 2.50. The molecule has 0 amide bonds. The molecule has 0 unspecified atom stereocenters. The lowest BCUT2D eigenvalue weighted by atomic mass is 10.1. The number of carbonyl (C=O) groups excluding carboxylic acids is 1. The summed E-state index contributed by atoms with van der Waals surface area (Å²) in [4.78, 5) is 10.9. The zero-order valence-electron chi connectivity index (χ0n) is 7.02. The fourth-order valence-electron chi connectivity index (χ4n) is 0.937. The number of Topliss-reactive ketones (excluding diaryl/α,β-unsaturated/α-hetero) is 1. The number of halogens is 1. The van der Waals surface area contributed by atoms with E-state index in [2.05, 4.69) is 5.32 Å². The molecule has 3 heteroatoms. The van der Waals surface area contributed by atoms with Gasteiger partial charge in [-0.3, -0.25) is 4.79 Å². The van der Waals surface area contributed by atoms with Gasteiger partial charge in [-0.15, -0.1) is 0 Å². The molecule has 0 saturated carbocycles. The monoisotopic (exact) mass is 183 g/mol. The Kier molecular flexibility index (Phi) is 2.71. The highest BCUT2D eigenvalue weighted by atomic mass is 35.5. The van der Waals surface area contributed by atoms with Crippen molar-refractivity contribution in [1.82, 2.24) is 0 Å². The van der Waals surface area contributed by atoms with Crippen LogP contribution in [0.3, 0.4) is 0 Å². The lowest BCUT2D eigenvalue weighted by Gasteiger charge is -2.03. The number of nitrogens with one attached hydrogen (secondary N) is 1. The molecule has 0 fully saturated rings. The molecular formula is C9H10ClNO. The van der Waals surface area contributed by atoms with Crippen LogP contribution in [0.2, 0.25) is 5.02 Å². The first-order valence-electron chi connectivity index (χ1n) is 3.63. The van der Waals surface area contributed by atoms with Crippen molar-refractivity contribution in [1.29, 1.82) is 0 Å². The van der Waals surface area contributed by atoms with E-state index in [-0.39, 0.29) is 5.78 Å². The van der Waals surface area contributed by atoms with Gasteiger partial charge >= 0.3 is 0 Å². The Morgan fingerprint density at radius 3 is 2.58 bits per heavy atom. The highest BCUT2D eigenvalue weighted by Gasteiger charge is 2.02. The fourth-order valence-corrected chi connectivity index (χ4v) is 1.21. The zero-order chi connectivity index (χ0) is 9.14. The van der Waals surface area contributed by atoms with E-state index in [1.165, 1.54) is 6.92 Å². The van der Waals surface area contributed by atoms with Gasteiger partial charge < -0.3 is 5.32 Å². The van der Waals surface area contributed by atoms with Crippen molar-refractivity contribution in [2.24, 2.45) is 0 Å². The number of hydrogen-bond donors (Lipinski definition) is 1. The molecule has 0 aliphatic carbocycles. The van der Waals surface area contributed by atoms with Crippen molar-refractivity contribution in [2.45, 2.75) is 6.92 Å².